The Kier molecular flexibility index (Phi) is 37.6. The number of anilines is 2. The topological polar surface area (TPSA) is 158 Å². The number of halogens is 1. The fourth-order valence-corrected chi connectivity index (χ4v) is 5.45. The molecule has 0 aliphatic rings. The normalized spacial score (nSPS) is 9.38. The van der Waals surface area contributed by atoms with Gasteiger partial charge in [-0.25, -0.2) is 19.2 Å². The first-order valence-corrected chi connectivity index (χ1v) is 22.4. The lowest BCUT2D eigenvalue weighted by molar-refractivity contribution is -0.140. The zero-order valence-corrected chi connectivity index (χ0v) is 41.5. The molecule has 69 heavy (non-hydrogen) atoms. The van der Waals surface area contributed by atoms with Crippen molar-refractivity contribution >= 4 is 58.8 Å². The summed E-state index contributed by atoms with van der Waals surface area (Å²) in [6, 6.07) is 14.4. The van der Waals surface area contributed by atoms with E-state index in [-0.39, 0.29) is 37.1 Å². The molecule has 0 atom stereocenters. The molecule has 15 heteroatoms. The number of aryl methyl sites for hydroxylation is 1. The average Bonchev–Trinajstić information content (AvgIpc) is 3.31. The van der Waals surface area contributed by atoms with Crippen LogP contribution in [0.4, 0.5) is 21.0 Å². The minimum atomic E-state index is -0.466. The Labute approximate surface area is 416 Å². The maximum atomic E-state index is 11.9. The lowest BCUT2D eigenvalue weighted by Crippen LogP contribution is -2.35. The first-order chi connectivity index (χ1) is 33.0. The first kappa shape index (κ1) is 63.6. The van der Waals surface area contributed by atoms with Gasteiger partial charge in [-0.1, -0.05) is 91.6 Å². The Hall–Kier alpha value is -7.45. The predicted octanol–water partition coefficient (Wildman–Crippen LogP) is 10.5. The van der Waals surface area contributed by atoms with Crippen molar-refractivity contribution in [1.82, 2.24) is 19.6 Å². The van der Waals surface area contributed by atoms with Gasteiger partial charge in [-0.3, -0.25) is 9.59 Å². The first-order valence-electron chi connectivity index (χ1n) is 22.0. The van der Waals surface area contributed by atoms with Crippen LogP contribution >= 0.6 is 11.6 Å². The second-order valence-electron chi connectivity index (χ2n) is 14.5. The summed E-state index contributed by atoms with van der Waals surface area (Å²) in [5.41, 5.74) is 2.94. The summed E-state index contributed by atoms with van der Waals surface area (Å²) in [4.78, 5) is 75.6. The number of amides is 6. The third-order valence-corrected chi connectivity index (χ3v) is 8.72. The Morgan fingerprint density at radius 3 is 1.26 bits per heavy atom. The molecule has 2 aromatic rings. The molecule has 0 spiro atoms. The third-order valence-electron chi connectivity index (χ3n) is 8.48. The minimum absolute atomic E-state index is 0.000507. The van der Waals surface area contributed by atoms with Crippen molar-refractivity contribution in [3.05, 3.63) is 185 Å². The number of esters is 2. The molecule has 2 aromatic carbocycles. The number of hydrogen-bond donors (Lipinski definition) is 2. The van der Waals surface area contributed by atoms with Gasteiger partial charge in [-0.05, 0) is 62.6 Å². The van der Waals surface area contributed by atoms with Gasteiger partial charge in [0, 0.05) is 93.2 Å². The Morgan fingerprint density at radius 1 is 0.551 bits per heavy atom. The smallest absolute Gasteiger partial charge is 0.333 e. The maximum Gasteiger partial charge on any atom is 0.333 e. The number of urea groups is 2. The van der Waals surface area contributed by atoms with Crippen LogP contribution in [0.2, 0.25) is 5.02 Å². The summed E-state index contributed by atoms with van der Waals surface area (Å²) in [7, 11) is 0. The molecule has 0 aliphatic carbocycles. The van der Waals surface area contributed by atoms with Gasteiger partial charge in [-0.15, -0.1) is 52.6 Å². The average molecular weight is 970 g/mol. The van der Waals surface area contributed by atoms with E-state index in [2.05, 4.69) is 76.4 Å². The van der Waals surface area contributed by atoms with E-state index in [1.807, 2.05) is 31.2 Å². The molecule has 2 rings (SSSR count). The number of benzene rings is 2. The highest BCUT2D eigenvalue weighted by atomic mass is 35.5. The van der Waals surface area contributed by atoms with Gasteiger partial charge in [-0.2, -0.15) is 0 Å². The van der Waals surface area contributed by atoms with Crippen molar-refractivity contribution in [3.8, 4) is 0 Å². The minimum Gasteiger partial charge on any atom is -0.463 e. The number of hydrogen-bond acceptors (Lipinski definition) is 8. The quantitative estimate of drug-likeness (QED) is 0.0369. The van der Waals surface area contributed by atoms with Crippen LogP contribution in [0.5, 0.6) is 0 Å². The van der Waals surface area contributed by atoms with E-state index in [0.29, 0.717) is 94.3 Å². The van der Waals surface area contributed by atoms with Crippen LogP contribution in [-0.4, -0.2) is 121 Å². The zero-order valence-electron chi connectivity index (χ0n) is 40.7. The van der Waals surface area contributed by atoms with Gasteiger partial charge >= 0.3 is 24.0 Å². The van der Waals surface area contributed by atoms with Crippen molar-refractivity contribution in [2.24, 2.45) is 0 Å². The molecular formula is C54H73ClN6O8. The lowest BCUT2D eigenvalue weighted by atomic mass is 10.2. The largest absolute Gasteiger partial charge is 0.463 e. The Bertz CT molecular complexity index is 1910. The SMILES string of the molecule is C=CCN(CC=C)C(=O)CCCOC(=O)C(=C)C.C=CCN(CC=C)C(=O)CCCOC(=O)C=C.C=CCN(CC=C)C(=O)Nc1cccc(C)c1.C=CCN(CC=C)C(=O)Nc1cccc(Cl)c1. The van der Waals surface area contributed by atoms with Crippen molar-refractivity contribution in [3.63, 3.8) is 0 Å². The molecule has 6 amide bonds. The van der Waals surface area contributed by atoms with Gasteiger partial charge in [0.25, 0.3) is 0 Å². The molecule has 0 aliphatic heterocycles. The Balaban J connectivity index is 0. The summed E-state index contributed by atoms with van der Waals surface area (Å²) < 4.78 is 9.68. The van der Waals surface area contributed by atoms with Crippen molar-refractivity contribution in [2.75, 3.05) is 76.2 Å². The maximum absolute atomic E-state index is 11.9. The molecule has 0 aromatic heterocycles. The molecule has 14 nitrogen and oxygen atoms in total. The van der Waals surface area contributed by atoms with E-state index in [1.54, 1.807) is 99.4 Å². The number of nitrogens with zero attached hydrogens (tertiary/aromatic N) is 4. The molecule has 0 fully saturated rings. The van der Waals surface area contributed by atoms with Gasteiger partial charge in [0.05, 0.1) is 13.2 Å². The van der Waals surface area contributed by atoms with Gasteiger partial charge in [0.15, 0.2) is 0 Å². The molecule has 374 valence electrons. The summed E-state index contributed by atoms with van der Waals surface area (Å²) in [6.07, 6.45) is 16.2. The molecule has 2 N–H and O–H groups in total. The molecule has 0 saturated heterocycles. The van der Waals surface area contributed by atoms with Crippen molar-refractivity contribution < 1.29 is 38.2 Å². The van der Waals surface area contributed by atoms with E-state index >= 15 is 0 Å². The van der Waals surface area contributed by atoms with E-state index in [0.717, 1.165) is 17.3 Å². The molecule has 0 unspecified atom stereocenters. The van der Waals surface area contributed by atoms with Crippen LogP contribution in [0, 0.1) is 6.92 Å². The summed E-state index contributed by atoms with van der Waals surface area (Å²) in [5.74, 6) is -0.886. The van der Waals surface area contributed by atoms with E-state index in [1.165, 1.54) is 0 Å². The monoisotopic (exact) mass is 969 g/mol. The molecule has 0 heterocycles. The van der Waals surface area contributed by atoms with Gasteiger partial charge in [0.1, 0.15) is 0 Å². The van der Waals surface area contributed by atoms with E-state index < -0.39 is 11.9 Å². The van der Waals surface area contributed by atoms with Crippen LogP contribution in [0.3, 0.4) is 0 Å². The number of nitrogens with one attached hydrogen (secondary N) is 2. The molecule has 0 bridgehead atoms. The highest BCUT2D eigenvalue weighted by Crippen LogP contribution is 2.15. The number of carbonyl (C=O) groups is 6. The highest BCUT2D eigenvalue weighted by Gasteiger charge is 2.13. The van der Waals surface area contributed by atoms with E-state index in [9.17, 15) is 28.8 Å². The van der Waals surface area contributed by atoms with Crippen molar-refractivity contribution in [1.29, 1.82) is 0 Å². The number of carbonyl (C=O) groups excluding carboxylic acids is 6. The molecule has 0 saturated carbocycles. The summed E-state index contributed by atoms with van der Waals surface area (Å²) in [6.45, 7) is 43.6. The molecular weight excluding hydrogens is 896 g/mol. The summed E-state index contributed by atoms with van der Waals surface area (Å²) in [5, 5.41) is 6.19. The van der Waals surface area contributed by atoms with E-state index in [4.69, 9.17) is 21.1 Å². The van der Waals surface area contributed by atoms with Crippen LogP contribution in [0.25, 0.3) is 0 Å². The fraction of sp³-hybridized carbons (Fsp3) is 0.296. The van der Waals surface area contributed by atoms with Crippen LogP contribution in [0.1, 0.15) is 38.2 Å². The highest BCUT2D eigenvalue weighted by molar-refractivity contribution is 6.30. The van der Waals surface area contributed by atoms with Crippen LogP contribution in [-0.2, 0) is 28.7 Å². The standard InChI is InChI=1S/C14H18N2O.C14H21NO3.C13H15ClN2O.C13H19NO3/c1-4-9-16(10-5-2)14(17)15-13-8-6-7-12(3)11-13;1-5-9-15(10-6-2)13(16)8-7-11-18-14(17)12(3)4;1-3-8-16(9-4-2)13(17)15-12-7-5-6-11(14)10-12;1-4-9-14(10-5-2)12(15)8-7-11-17-13(16)6-3/h4-8,11H,1-2,9-10H2,3H3,(H,15,17);5-6H,1-3,7-11H2,4H3;3-7,10H,1-2,8-9H2,(H,15,17);4-6H,1-3,7-11H2. The van der Waals surface area contributed by atoms with Gasteiger partial charge < -0.3 is 39.7 Å². The number of ether oxygens (including phenoxy) is 2. The molecule has 0 radical (unpaired) electrons. The zero-order chi connectivity index (χ0) is 52.4. The van der Waals surface area contributed by atoms with Crippen LogP contribution < -0.4 is 10.6 Å². The predicted molar refractivity (Wildman–Crippen MR) is 284 cm³/mol. The van der Waals surface area contributed by atoms with Crippen molar-refractivity contribution in [2.45, 2.75) is 39.5 Å². The van der Waals surface area contributed by atoms with Gasteiger partial charge in [0.2, 0.25) is 11.8 Å². The second kappa shape index (κ2) is 40.8. The summed E-state index contributed by atoms with van der Waals surface area (Å²) >= 11 is 5.83. The second-order valence-corrected chi connectivity index (χ2v) is 14.9. The lowest BCUT2D eigenvalue weighted by Gasteiger charge is -2.19. The number of rotatable bonds is 28. The Morgan fingerprint density at radius 2 is 0.913 bits per heavy atom. The van der Waals surface area contributed by atoms with Crippen LogP contribution in [0.15, 0.2) is 175 Å². The third kappa shape index (κ3) is 32.0. The fourth-order valence-electron chi connectivity index (χ4n) is 5.26.